The highest BCUT2D eigenvalue weighted by Crippen LogP contribution is 2.62. The number of aliphatic hydroxyl groups is 2. The Morgan fingerprint density at radius 1 is 0.617 bits per heavy atom. The van der Waals surface area contributed by atoms with Crippen LogP contribution < -0.4 is 4.74 Å². The zero-order chi connectivity index (χ0) is 41.5. The summed E-state index contributed by atoms with van der Waals surface area (Å²) in [5.74, 6) is 0.0384. The molecule has 0 saturated heterocycles. The molecule has 0 aliphatic heterocycles. The summed E-state index contributed by atoms with van der Waals surface area (Å²) in [6, 6.07) is 52.4. The van der Waals surface area contributed by atoms with Crippen molar-refractivity contribution >= 4 is 17.6 Å². The molecule has 2 fully saturated rings. The Kier molecular flexibility index (Phi) is 12.8. The van der Waals surface area contributed by atoms with Gasteiger partial charge < -0.3 is 33.9 Å². The van der Waals surface area contributed by atoms with E-state index < -0.39 is 47.3 Å². The van der Waals surface area contributed by atoms with Crippen LogP contribution in [0.4, 0.5) is 0 Å². The van der Waals surface area contributed by atoms with E-state index in [0.717, 1.165) is 39.1 Å². The highest BCUT2D eigenvalue weighted by atomic mass is 35.5. The van der Waals surface area contributed by atoms with Gasteiger partial charge in [0.1, 0.15) is 36.1 Å². The third-order valence-corrected chi connectivity index (χ3v) is 12.5. The molecule has 0 amide bonds. The summed E-state index contributed by atoms with van der Waals surface area (Å²) in [5.41, 5.74) is 2.69. The van der Waals surface area contributed by atoms with Gasteiger partial charge in [0, 0.05) is 5.02 Å². The summed E-state index contributed by atoms with van der Waals surface area (Å²) in [5, 5.41) is 26.2. The van der Waals surface area contributed by atoms with Gasteiger partial charge in [-0.25, -0.2) is 0 Å². The molecule has 0 heterocycles. The van der Waals surface area contributed by atoms with Crippen LogP contribution in [0.1, 0.15) is 45.4 Å². The Morgan fingerprint density at radius 3 is 1.65 bits per heavy atom. The fourth-order valence-electron chi connectivity index (χ4n) is 9.15. The van der Waals surface area contributed by atoms with Gasteiger partial charge in [-0.2, -0.15) is 0 Å². The third kappa shape index (κ3) is 8.24. The fraction of sp³-hybridized carbons (Fsp3) is 0.275. The molecule has 308 valence electrons. The Hall–Kier alpha value is -5.32. The van der Waals surface area contributed by atoms with E-state index in [-0.39, 0.29) is 26.2 Å². The van der Waals surface area contributed by atoms with Gasteiger partial charge in [-0.1, -0.05) is 157 Å². The van der Waals surface area contributed by atoms with E-state index in [4.69, 9.17) is 35.3 Å². The molecule has 2 aliphatic carbocycles. The molecular weight excluding hydrogens is 776 g/mol. The SMILES string of the molecule is COC(=O)[C@@]12CC(O)[C@@](c3ccc(Cl)c(Cc4ccc(OCc5ccccc5)cc4)c3)(C1O)[C@@H](OCc1ccccc1)[C@H](OCc1ccccc1)[C@H]2OCc1ccccc1. The molecule has 0 spiro atoms. The first-order chi connectivity index (χ1) is 29.3. The number of aliphatic hydroxyl groups excluding tert-OH is 2. The number of carbonyl (C=O) groups excluding carboxylic acids is 1. The van der Waals surface area contributed by atoms with Crippen LogP contribution in [-0.4, -0.2) is 53.8 Å². The maximum Gasteiger partial charge on any atom is 0.317 e. The molecule has 8 rings (SSSR count). The number of esters is 1. The van der Waals surface area contributed by atoms with E-state index >= 15 is 0 Å². The van der Waals surface area contributed by atoms with E-state index in [9.17, 15) is 15.0 Å². The van der Waals surface area contributed by atoms with Gasteiger partial charge in [0.2, 0.25) is 0 Å². The summed E-state index contributed by atoms with van der Waals surface area (Å²) in [7, 11) is 1.29. The van der Waals surface area contributed by atoms with Crippen LogP contribution in [0.15, 0.2) is 164 Å². The number of methoxy groups -OCH3 is 1. The molecule has 6 aromatic carbocycles. The van der Waals surface area contributed by atoms with Crippen LogP contribution in [0.25, 0.3) is 0 Å². The summed E-state index contributed by atoms with van der Waals surface area (Å²) in [4.78, 5) is 14.4. The van der Waals surface area contributed by atoms with Gasteiger partial charge in [-0.05, 0) is 70.0 Å². The van der Waals surface area contributed by atoms with Crippen LogP contribution >= 0.6 is 11.6 Å². The molecule has 2 aliphatic rings. The lowest BCUT2D eigenvalue weighted by Crippen LogP contribution is -2.71. The van der Waals surface area contributed by atoms with E-state index in [0.29, 0.717) is 23.6 Å². The quantitative estimate of drug-likeness (QED) is 0.0935. The van der Waals surface area contributed by atoms with E-state index in [1.165, 1.54) is 7.11 Å². The maximum atomic E-state index is 14.4. The van der Waals surface area contributed by atoms with Crippen LogP contribution in [0, 0.1) is 5.41 Å². The molecule has 8 nitrogen and oxygen atoms in total. The molecule has 0 aromatic heterocycles. The first-order valence-electron chi connectivity index (χ1n) is 20.3. The number of halogens is 1. The predicted molar refractivity (Wildman–Crippen MR) is 229 cm³/mol. The van der Waals surface area contributed by atoms with Crippen LogP contribution in [0.3, 0.4) is 0 Å². The van der Waals surface area contributed by atoms with Gasteiger partial charge in [-0.3, -0.25) is 4.79 Å². The van der Waals surface area contributed by atoms with Crippen molar-refractivity contribution in [3.63, 3.8) is 0 Å². The standard InChI is InChI=1S/C51H49ClO8/c1-56-49(55)50-30-44(53)51(48(50)54,41-24-27-43(52)40(29-41)28-35-22-25-42(26-23-35)57-31-36-14-6-2-7-15-36)47(60-34-39-20-12-5-13-21-39)45(58-32-37-16-8-3-9-17-37)46(50)59-33-38-18-10-4-11-19-38/h2-27,29,44-48,53-54H,28,30-34H2,1H3/t44?,45-,46-,47+,48?,50-,51-/m1/s1. The molecule has 2 bridgehead atoms. The summed E-state index contributed by atoms with van der Waals surface area (Å²) in [6.07, 6.45) is -5.63. The van der Waals surface area contributed by atoms with Gasteiger partial charge in [0.25, 0.3) is 0 Å². The van der Waals surface area contributed by atoms with Crippen molar-refractivity contribution in [3.05, 3.63) is 208 Å². The monoisotopic (exact) mass is 824 g/mol. The summed E-state index contributed by atoms with van der Waals surface area (Å²) in [6.45, 7) is 0.847. The Labute approximate surface area is 356 Å². The average Bonchev–Trinajstić information content (AvgIpc) is 3.47. The van der Waals surface area contributed by atoms with Crippen molar-refractivity contribution < 1.29 is 38.7 Å². The normalized spacial score (nSPS) is 24.5. The molecule has 9 heteroatoms. The minimum absolute atomic E-state index is 0.109. The van der Waals surface area contributed by atoms with E-state index in [2.05, 4.69) is 0 Å². The summed E-state index contributed by atoms with van der Waals surface area (Å²) >= 11 is 6.95. The molecule has 60 heavy (non-hydrogen) atoms. The summed E-state index contributed by atoms with van der Waals surface area (Å²) < 4.78 is 32.2. The van der Waals surface area contributed by atoms with Gasteiger partial charge in [0.05, 0.1) is 44.6 Å². The van der Waals surface area contributed by atoms with Gasteiger partial charge in [-0.15, -0.1) is 0 Å². The molecule has 7 atom stereocenters. The Balaban J connectivity index is 1.20. The number of hydrogen-bond acceptors (Lipinski definition) is 8. The molecule has 2 saturated carbocycles. The van der Waals surface area contributed by atoms with Crippen LogP contribution in [-0.2, 0) is 62.0 Å². The second-order valence-electron chi connectivity index (χ2n) is 15.7. The number of rotatable bonds is 16. The molecule has 2 unspecified atom stereocenters. The average molecular weight is 825 g/mol. The van der Waals surface area contributed by atoms with E-state index in [1.54, 1.807) is 6.07 Å². The molecule has 6 aromatic rings. The maximum absolute atomic E-state index is 14.4. The van der Waals surface area contributed by atoms with Crippen molar-refractivity contribution in [2.45, 2.75) is 75.2 Å². The Bertz CT molecular complexity index is 2310. The highest BCUT2D eigenvalue weighted by molar-refractivity contribution is 6.31. The number of benzene rings is 6. The zero-order valence-corrected chi connectivity index (χ0v) is 34.2. The number of fused-ring (bicyclic) bond motifs is 2. The number of ether oxygens (including phenoxy) is 5. The lowest BCUT2D eigenvalue weighted by molar-refractivity contribution is -0.258. The second-order valence-corrected chi connectivity index (χ2v) is 16.1. The second kappa shape index (κ2) is 18.5. The minimum Gasteiger partial charge on any atom is -0.489 e. The molecule has 0 radical (unpaired) electrons. The smallest absolute Gasteiger partial charge is 0.317 e. The van der Waals surface area contributed by atoms with Crippen LogP contribution in [0.2, 0.25) is 5.02 Å². The first-order valence-corrected chi connectivity index (χ1v) is 20.7. The van der Waals surface area contributed by atoms with E-state index in [1.807, 2.05) is 158 Å². The largest absolute Gasteiger partial charge is 0.489 e. The zero-order valence-electron chi connectivity index (χ0n) is 33.4. The lowest BCUT2D eigenvalue weighted by atomic mass is 9.58. The van der Waals surface area contributed by atoms with Crippen molar-refractivity contribution in [2.24, 2.45) is 5.41 Å². The van der Waals surface area contributed by atoms with Gasteiger partial charge in [0.15, 0.2) is 0 Å². The highest BCUT2D eigenvalue weighted by Gasteiger charge is 2.78. The molecule has 2 N–H and O–H groups in total. The fourth-order valence-corrected chi connectivity index (χ4v) is 9.33. The van der Waals surface area contributed by atoms with Crippen molar-refractivity contribution in [1.82, 2.24) is 0 Å². The van der Waals surface area contributed by atoms with Crippen molar-refractivity contribution in [3.8, 4) is 5.75 Å². The number of hydrogen-bond donors (Lipinski definition) is 2. The molecular formula is C51H49ClO8. The lowest BCUT2D eigenvalue weighted by Gasteiger charge is -2.55. The Morgan fingerprint density at radius 2 is 1.12 bits per heavy atom. The first kappa shape index (κ1) is 41.4. The van der Waals surface area contributed by atoms with Crippen LogP contribution in [0.5, 0.6) is 5.75 Å². The number of carbonyl (C=O) groups is 1. The third-order valence-electron chi connectivity index (χ3n) is 12.1. The topological polar surface area (TPSA) is 104 Å². The predicted octanol–water partition coefficient (Wildman–Crippen LogP) is 8.80. The van der Waals surface area contributed by atoms with Crippen molar-refractivity contribution in [2.75, 3.05) is 7.11 Å². The van der Waals surface area contributed by atoms with Gasteiger partial charge >= 0.3 is 5.97 Å². The van der Waals surface area contributed by atoms with Crippen molar-refractivity contribution in [1.29, 1.82) is 0 Å². The minimum atomic E-state index is -1.74.